The van der Waals surface area contributed by atoms with Crippen molar-refractivity contribution in [3.8, 4) is 0 Å². The molecule has 6 heteroatoms. The van der Waals surface area contributed by atoms with E-state index in [1.807, 2.05) is 4.90 Å². The lowest BCUT2D eigenvalue weighted by atomic mass is 10.0. The quantitative estimate of drug-likeness (QED) is 0.480. The van der Waals surface area contributed by atoms with E-state index >= 15 is 0 Å². The zero-order valence-corrected chi connectivity index (χ0v) is 19.8. The number of hydrogen-bond acceptors (Lipinski definition) is 3. The number of carbonyl (C=O) groups excluding carboxylic acids is 1. The average molecular weight is 448 g/mol. The average Bonchev–Trinajstić information content (AvgIpc) is 3.24. The lowest BCUT2D eigenvalue weighted by Crippen LogP contribution is -2.48. The van der Waals surface area contributed by atoms with Gasteiger partial charge in [-0.2, -0.15) is 0 Å². The molecule has 0 radical (unpaired) electrons. The SMILES string of the molecule is CCNC(=NCc1ccccc1CN1CCCC1=O)NC1CCN(Cc2ccccc2)CC1. The molecule has 6 nitrogen and oxygen atoms in total. The number of carbonyl (C=O) groups is 1. The highest BCUT2D eigenvalue weighted by molar-refractivity contribution is 5.80. The Morgan fingerprint density at radius 1 is 0.970 bits per heavy atom. The third-order valence-corrected chi connectivity index (χ3v) is 6.58. The molecule has 0 bridgehead atoms. The van der Waals surface area contributed by atoms with Crippen molar-refractivity contribution in [2.24, 2.45) is 4.99 Å². The molecule has 2 aromatic rings. The zero-order valence-electron chi connectivity index (χ0n) is 19.8. The number of likely N-dealkylation sites (tertiary alicyclic amines) is 2. The minimum absolute atomic E-state index is 0.266. The second kappa shape index (κ2) is 11.8. The molecule has 2 aliphatic heterocycles. The van der Waals surface area contributed by atoms with E-state index in [-0.39, 0.29) is 5.91 Å². The lowest BCUT2D eigenvalue weighted by molar-refractivity contribution is -0.128. The van der Waals surface area contributed by atoms with Crippen LogP contribution in [0.15, 0.2) is 59.6 Å². The van der Waals surface area contributed by atoms with E-state index in [9.17, 15) is 4.79 Å². The number of nitrogens with one attached hydrogen (secondary N) is 2. The van der Waals surface area contributed by atoms with Gasteiger partial charge in [0.2, 0.25) is 5.91 Å². The van der Waals surface area contributed by atoms with Gasteiger partial charge >= 0.3 is 0 Å². The third-order valence-electron chi connectivity index (χ3n) is 6.58. The number of hydrogen-bond donors (Lipinski definition) is 2. The Kier molecular flexibility index (Phi) is 8.36. The summed E-state index contributed by atoms with van der Waals surface area (Å²) in [7, 11) is 0. The highest BCUT2D eigenvalue weighted by Crippen LogP contribution is 2.18. The number of guanidine groups is 1. The summed E-state index contributed by atoms with van der Waals surface area (Å²) in [5, 5.41) is 7.07. The molecule has 176 valence electrons. The fraction of sp³-hybridized carbons (Fsp3) is 0.481. The number of nitrogens with zero attached hydrogens (tertiary/aromatic N) is 3. The Labute approximate surface area is 198 Å². The van der Waals surface area contributed by atoms with Gasteiger partial charge in [0.15, 0.2) is 5.96 Å². The summed E-state index contributed by atoms with van der Waals surface area (Å²) in [5.41, 5.74) is 3.77. The second-order valence-electron chi connectivity index (χ2n) is 9.06. The molecule has 4 rings (SSSR count). The normalized spacial score (nSPS) is 18.0. The number of amides is 1. The molecule has 0 aliphatic carbocycles. The molecule has 2 aliphatic rings. The fourth-order valence-corrected chi connectivity index (χ4v) is 4.70. The van der Waals surface area contributed by atoms with E-state index < -0.39 is 0 Å². The first-order valence-corrected chi connectivity index (χ1v) is 12.4. The summed E-state index contributed by atoms with van der Waals surface area (Å²) in [6, 6.07) is 19.5. The van der Waals surface area contributed by atoms with Crippen LogP contribution in [0.1, 0.15) is 49.3 Å². The van der Waals surface area contributed by atoms with Gasteiger partial charge in [-0.05, 0) is 42.9 Å². The molecule has 2 saturated heterocycles. The van der Waals surface area contributed by atoms with Gasteiger partial charge in [-0.1, -0.05) is 54.6 Å². The molecular formula is C27H37N5O. The van der Waals surface area contributed by atoms with E-state index in [0.717, 1.165) is 57.9 Å². The summed E-state index contributed by atoms with van der Waals surface area (Å²) >= 11 is 0. The number of rotatable bonds is 8. The van der Waals surface area contributed by atoms with Crippen LogP contribution in [0.4, 0.5) is 0 Å². The molecule has 0 spiro atoms. The maximum atomic E-state index is 12.1. The Balaban J connectivity index is 1.32. The maximum absolute atomic E-state index is 12.1. The van der Waals surface area contributed by atoms with Crippen LogP contribution in [-0.2, 0) is 24.4 Å². The smallest absolute Gasteiger partial charge is 0.222 e. The Morgan fingerprint density at radius 3 is 2.39 bits per heavy atom. The van der Waals surface area contributed by atoms with Gasteiger partial charge in [0, 0.05) is 51.7 Å². The van der Waals surface area contributed by atoms with Crippen LogP contribution in [0.3, 0.4) is 0 Å². The van der Waals surface area contributed by atoms with Gasteiger partial charge in [-0.25, -0.2) is 4.99 Å². The van der Waals surface area contributed by atoms with Crippen LogP contribution in [0.5, 0.6) is 0 Å². The van der Waals surface area contributed by atoms with E-state index in [4.69, 9.17) is 4.99 Å². The molecular weight excluding hydrogens is 410 g/mol. The van der Waals surface area contributed by atoms with E-state index in [0.29, 0.717) is 25.6 Å². The Morgan fingerprint density at radius 2 is 1.70 bits per heavy atom. The van der Waals surface area contributed by atoms with Crippen LogP contribution in [-0.4, -0.2) is 53.9 Å². The summed E-state index contributed by atoms with van der Waals surface area (Å²) in [4.78, 5) is 21.5. The molecule has 0 saturated carbocycles. The topological polar surface area (TPSA) is 60.0 Å². The first kappa shape index (κ1) is 23.3. The predicted molar refractivity (Wildman–Crippen MR) is 134 cm³/mol. The molecule has 0 atom stereocenters. The number of aliphatic imine (C=N–C) groups is 1. The Bertz CT molecular complexity index is 921. The minimum atomic E-state index is 0.266. The van der Waals surface area contributed by atoms with Crippen molar-refractivity contribution >= 4 is 11.9 Å². The van der Waals surface area contributed by atoms with Crippen LogP contribution >= 0.6 is 0 Å². The monoisotopic (exact) mass is 447 g/mol. The van der Waals surface area contributed by atoms with Crippen molar-refractivity contribution in [1.82, 2.24) is 20.4 Å². The molecule has 0 aromatic heterocycles. The fourth-order valence-electron chi connectivity index (χ4n) is 4.70. The molecule has 33 heavy (non-hydrogen) atoms. The van der Waals surface area contributed by atoms with Crippen molar-refractivity contribution in [2.45, 2.75) is 58.3 Å². The van der Waals surface area contributed by atoms with Crippen LogP contribution < -0.4 is 10.6 Å². The Hall–Kier alpha value is -2.86. The van der Waals surface area contributed by atoms with E-state index in [2.05, 4.69) is 77.1 Å². The van der Waals surface area contributed by atoms with Crippen molar-refractivity contribution in [3.63, 3.8) is 0 Å². The van der Waals surface area contributed by atoms with Crippen molar-refractivity contribution in [2.75, 3.05) is 26.2 Å². The third kappa shape index (κ3) is 6.81. The van der Waals surface area contributed by atoms with Crippen LogP contribution in [0.2, 0.25) is 0 Å². The van der Waals surface area contributed by atoms with E-state index in [1.54, 1.807) is 0 Å². The molecule has 2 N–H and O–H groups in total. The highest BCUT2D eigenvalue weighted by atomic mass is 16.2. The van der Waals surface area contributed by atoms with Gasteiger partial charge in [-0.3, -0.25) is 9.69 Å². The second-order valence-corrected chi connectivity index (χ2v) is 9.06. The van der Waals surface area contributed by atoms with Crippen LogP contribution in [0.25, 0.3) is 0 Å². The first-order valence-electron chi connectivity index (χ1n) is 12.4. The van der Waals surface area contributed by atoms with E-state index in [1.165, 1.54) is 16.7 Å². The lowest BCUT2D eigenvalue weighted by Gasteiger charge is -2.33. The summed E-state index contributed by atoms with van der Waals surface area (Å²) < 4.78 is 0. The minimum Gasteiger partial charge on any atom is -0.357 e. The summed E-state index contributed by atoms with van der Waals surface area (Å²) in [6.45, 7) is 8.32. The molecule has 2 aromatic carbocycles. The molecule has 0 unspecified atom stereocenters. The molecule has 1 amide bonds. The predicted octanol–water partition coefficient (Wildman–Crippen LogP) is 3.53. The molecule has 2 fully saturated rings. The maximum Gasteiger partial charge on any atom is 0.222 e. The van der Waals surface area contributed by atoms with Crippen molar-refractivity contribution in [1.29, 1.82) is 0 Å². The van der Waals surface area contributed by atoms with Crippen molar-refractivity contribution < 1.29 is 4.79 Å². The first-order chi connectivity index (χ1) is 16.2. The summed E-state index contributed by atoms with van der Waals surface area (Å²) in [5.74, 6) is 1.15. The molecule has 2 heterocycles. The highest BCUT2D eigenvalue weighted by Gasteiger charge is 2.22. The number of benzene rings is 2. The van der Waals surface area contributed by atoms with Gasteiger partial charge < -0.3 is 15.5 Å². The standard InChI is InChI=1S/C27H37N5O/c1-2-28-27(30-25-14-17-31(18-15-25)20-22-9-4-3-5-10-22)29-19-23-11-6-7-12-24(23)21-32-16-8-13-26(32)33/h3-7,9-12,25H,2,8,13-21H2,1H3,(H2,28,29,30). The van der Waals surface area contributed by atoms with Gasteiger partial charge in [0.05, 0.1) is 6.54 Å². The van der Waals surface area contributed by atoms with Crippen LogP contribution in [0, 0.1) is 0 Å². The number of piperidine rings is 1. The van der Waals surface area contributed by atoms with Gasteiger partial charge in [-0.15, -0.1) is 0 Å². The van der Waals surface area contributed by atoms with Crippen molar-refractivity contribution in [3.05, 3.63) is 71.3 Å². The largest absolute Gasteiger partial charge is 0.357 e. The summed E-state index contributed by atoms with van der Waals surface area (Å²) in [6.07, 6.45) is 3.88. The zero-order chi connectivity index (χ0) is 22.9. The van der Waals surface area contributed by atoms with Gasteiger partial charge in [0.1, 0.15) is 0 Å². The van der Waals surface area contributed by atoms with Gasteiger partial charge in [0.25, 0.3) is 0 Å².